The average molecular weight is 370 g/mol. The molecule has 2 rings (SSSR count). The molecule has 0 aliphatic rings. The highest BCUT2D eigenvalue weighted by Crippen LogP contribution is 2.28. The molecule has 0 unspecified atom stereocenters. The molecule has 7 heteroatoms. The lowest BCUT2D eigenvalue weighted by atomic mass is 10.1. The molecule has 0 saturated carbocycles. The minimum atomic E-state index is -0.449. The van der Waals surface area contributed by atoms with E-state index < -0.39 is 4.92 Å². The van der Waals surface area contributed by atoms with E-state index in [-0.39, 0.29) is 17.6 Å². The zero-order valence-electron chi connectivity index (χ0n) is 15.7. The molecule has 0 aromatic heterocycles. The van der Waals surface area contributed by atoms with Gasteiger partial charge >= 0.3 is 0 Å². The highest BCUT2D eigenvalue weighted by Gasteiger charge is 2.17. The molecule has 27 heavy (non-hydrogen) atoms. The molecule has 2 aromatic carbocycles. The summed E-state index contributed by atoms with van der Waals surface area (Å²) >= 11 is 0. The van der Waals surface area contributed by atoms with Crippen molar-refractivity contribution in [2.45, 2.75) is 13.0 Å². The molecule has 0 aliphatic carbocycles. The number of hydrogen-bond acceptors (Lipinski definition) is 5. The number of rotatable bonds is 7. The standard InChI is InChI=1S/C20H22N2O5/c1-14(16-6-5-7-17(13-16)22(24)25)21(2)20(23)11-9-15-8-10-18(26-3)19(12-15)27-4/h5-14H,1-4H3/b11-9+/t14-/m0/s1. The number of nitro benzene ring substituents is 1. The smallest absolute Gasteiger partial charge is 0.269 e. The zero-order valence-corrected chi connectivity index (χ0v) is 15.7. The maximum absolute atomic E-state index is 12.5. The number of non-ortho nitro benzene ring substituents is 1. The van der Waals surface area contributed by atoms with Crippen molar-refractivity contribution in [2.24, 2.45) is 0 Å². The Bertz CT molecular complexity index is 863. The van der Waals surface area contributed by atoms with E-state index in [9.17, 15) is 14.9 Å². The molecular formula is C20H22N2O5. The SMILES string of the molecule is COc1ccc(/C=C/C(=O)N(C)[C@@H](C)c2cccc([N+](=O)[O-])c2)cc1OC. The largest absolute Gasteiger partial charge is 0.493 e. The van der Waals surface area contributed by atoms with Gasteiger partial charge in [-0.05, 0) is 36.3 Å². The molecule has 2 aromatic rings. The summed E-state index contributed by atoms with van der Waals surface area (Å²) in [6, 6.07) is 11.3. The lowest BCUT2D eigenvalue weighted by Gasteiger charge is -2.24. The third-order valence-electron chi connectivity index (χ3n) is 4.32. The van der Waals surface area contributed by atoms with Crippen molar-refractivity contribution in [3.8, 4) is 11.5 Å². The molecule has 0 radical (unpaired) electrons. The van der Waals surface area contributed by atoms with Gasteiger partial charge in [0, 0.05) is 25.3 Å². The van der Waals surface area contributed by atoms with Crippen molar-refractivity contribution in [2.75, 3.05) is 21.3 Å². The normalized spacial score (nSPS) is 11.9. The summed E-state index contributed by atoms with van der Waals surface area (Å²) in [6.45, 7) is 1.82. The van der Waals surface area contributed by atoms with Crippen molar-refractivity contribution in [3.63, 3.8) is 0 Å². The fourth-order valence-corrected chi connectivity index (χ4v) is 2.55. The van der Waals surface area contributed by atoms with Gasteiger partial charge in [0.15, 0.2) is 11.5 Å². The van der Waals surface area contributed by atoms with Crippen LogP contribution in [0.3, 0.4) is 0 Å². The van der Waals surface area contributed by atoms with E-state index >= 15 is 0 Å². The van der Waals surface area contributed by atoms with Gasteiger partial charge < -0.3 is 14.4 Å². The first-order valence-corrected chi connectivity index (χ1v) is 8.28. The molecule has 0 saturated heterocycles. The summed E-state index contributed by atoms with van der Waals surface area (Å²) in [7, 11) is 4.76. The molecule has 0 spiro atoms. The summed E-state index contributed by atoms with van der Waals surface area (Å²) in [5.41, 5.74) is 1.48. The third kappa shape index (κ3) is 4.84. The van der Waals surface area contributed by atoms with Gasteiger partial charge in [-0.25, -0.2) is 0 Å². The number of nitrogens with zero attached hydrogens (tertiary/aromatic N) is 2. The van der Waals surface area contributed by atoms with E-state index in [1.54, 1.807) is 51.6 Å². The maximum Gasteiger partial charge on any atom is 0.269 e. The van der Waals surface area contributed by atoms with Gasteiger partial charge in [-0.2, -0.15) is 0 Å². The third-order valence-corrected chi connectivity index (χ3v) is 4.32. The van der Waals surface area contributed by atoms with Gasteiger partial charge in [0.1, 0.15) is 0 Å². The number of likely N-dealkylation sites (N-methyl/N-ethyl adjacent to an activating group) is 1. The second kappa shape index (κ2) is 8.84. The van der Waals surface area contributed by atoms with Crippen LogP contribution in [0.25, 0.3) is 6.08 Å². The molecule has 0 heterocycles. The monoisotopic (exact) mass is 370 g/mol. The van der Waals surface area contributed by atoms with Crippen LogP contribution in [0.5, 0.6) is 11.5 Å². The molecular weight excluding hydrogens is 348 g/mol. The summed E-state index contributed by atoms with van der Waals surface area (Å²) in [4.78, 5) is 24.5. The predicted molar refractivity (Wildman–Crippen MR) is 103 cm³/mol. The van der Waals surface area contributed by atoms with Crippen LogP contribution in [0, 0.1) is 10.1 Å². The molecule has 0 fully saturated rings. The maximum atomic E-state index is 12.5. The van der Waals surface area contributed by atoms with Gasteiger partial charge in [0.05, 0.1) is 25.2 Å². The van der Waals surface area contributed by atoms with Crippen molar-refractivity contribution < 1.29 is 19.2 Å². The van der Waals surface area contributed by atoms with Crippen LogP contribution in [0.2, 0.25) is 0 Å². The fourth-order valence-electron chi connectivity index (χ4n) is 2.55. The van der Waals surface area contributed by atoms with Crippen molar-refractivity contribution >= 4 is 17.7 Å². The number of carbonyl (C=O) groups excluding carboxylic acids is 1. The van der Waals surface area contributed by atoms with E-state index in [1.165, 1.54) is 23.1 Å². The van der Waals surface area contributed by atoms with Crippen LogP contribution in [0.1, 0.15) is 24.1 Å². The Labute approximate surface area is 158 Å². The second-order valence-electron chi connectivity index (χ2n) is 5.92. The lowest BCUT2D eigenvalue weighted by Crippen LogP contribution is -2.28. The molecule has 0 N–H and O–H groups in total. The van der Waals surface area contributed by atoms with Crippen molar-refractivity contribution in [1.82, 2.24) is 4.90 Å². The highest BCUT2D eigenvalue weighted by molar-refractivity contribution is 5.92. The number of benzene rings is 2. The molecule has 142 valence electrons. The molecule has 1 atom stereocenters. The predicted octanol–water partition coefficient (Wildman–Crippen LogP) is 3.84. The first kappa shape index (κ1) is 20.0. The first-order chi connectivity index (χ1) is 12.9. The highest BCUT2D eigenvalue weighted by atomic mass is 16.6. The Morgan fingerprint density at radius 1 is 1.15 bits per heavy atom. The summed E-state index contributed by atoms with van der Waals surface area (Å²) in [6.07, 6.45) is 3.13. The second-order valence-corrected chi connectivity index (χ2v) is 5.92. The summed E-state index contributed by atoms with van der Waals surface area (Å²) < 4.78 is 10.4. The number of hydrogen-bond donors (Lipinski definition) is 0. The number of nitro groups is 1. The van der Waals surface area contributed by atoms with Crippen molar-refractivity contribution in [3.05, 3.63) is 69.8 Å². The Hall–Kier alpha value is -3.35. The Morgan fingerprint density at radius 2 is 1.85 bits per heavy atom. The fraction of sp³-hybridized carbons (Fsp3) is 0.250. The number of methoxy groups -OCH3 is 2. The van der Waals surface area contributed by atoms with E-state index in [0.717, 1.165) is 5.56 Å². The van der Waals surface area contributed by atoms with E-state index in [1.807, 2.05) is 13.0 Å². The van der Waals surface area contributed by atoms with E-state index in [4.69, 9.17) is 9.47 Å². The van der Waals surface area contributed by atoms with E-state index in [0.29, 0.717) is 17.1 Å². The molecule has 0 bridgehead atoms. The zero-order chi connectivity index (χ0) is 20.0. The van der Waals surface area contributed by atoms with Gasteiger partial charge in [-0.1, -0.05) is 18.2 Å². The van der Waals surface area contributed by atoms with Crippen LogP contribution in [-0.4, -0.2) is 37.0 Å². The van der Waals surface area contributed by atoms with Crippen LogP contribution >= 0.6 is 0 Å². The number of carbonyl (C=O) groups is 1. The first-order valence-electron chi connectivity index (χ1n) is 8.28. The van der Waals surface area contributed by atoms with Gasteiger partial charge in [-0.3, -0.25) is 14.9 Å². The van der Waals surface area contributed by atoms with Crippen LogP contribution in [0.4, 0.5) is 5.69 Å². The molecule has 7 nitrogen and oxygen atoms in total. The van der Waals surface area contributed by atoms with Gasteiger partial charge in [0.25, 0.3) is 5.69 Å². The van der Waals surface area contributed by atoms with Gasteiger partial charge in [-0.15, -0.1) is 0 Å². The van der Waals surface area contributed by atoms with E-state index in [2.05, 4.69) is 0 Å². The average Bonchev–Trinajstić information content (AvgIpc) is 2.70. The number of amides is 1. The van der Waals surface area contributed by atoms with Gasteiger partial charge in [0.2, 0.25) is 5.91 Å². The molecule has 0 aliphatic heterocycles. The van der Waals surface area contributed by atoms with Crippen LogP contribution < -0.4 is 9.47 Å². The Morgan fingerprint density at radius 3 is 2.48 bits per heavy atom. The Balaban J connectivity index is 2.14. The quantitative estimate of drug-likeness (QED) is 0.420. The topological polar surface area (TPSA) is 81.9 Å². The minimum Gasteiger partial charge on any atom is -0.493 e. The summed E-state index contributed by atoms with van der Waals surface area (Å²) in [5.74, 6) is 0.964. The van der Waals surface area contributed by atoms with Crippen LogP contribution in [-0.2, 0) is 4.79 Å². The number of ether oxygens (including phenoxy) is 2. The van der Waals surface area contributed by atoms with Crippen molar-refractivity contribution in [1.29, 1.82) is 0 Å². The minimum absolute atomic E-state index is 0.000990. The lowest BCUT2D eigenvalue weighted by molar-refractivity contribution is -0.384. The van der Waals surface area contributed by atoms with Crippen LogP contribution in [0.15, 0.2) is 48.5 Å². The summed E-state index contributed by atoms with van der Waals surface area (Å²) in [5, 5.41) is 10.9. The molecule has 1 amide bonds. The Kier molecular flexibility index (Phi) is 6.54.